The van der Waals surface area contributed by atoms with E-state index in [-0.39, 0.29) is 5.91 Å². The predicted octanol–water partition coefficient (Wildman–Crippen LogP) is 3.45. The molecular formula is C17H18N2O3S. The molecule has 0 unspecified atom stereocenters. The predicted molar refractivity (Wildman–Crippen MR) is 89.1 cm³/mol. The van der Waals surface area contributed by atoms with Crippen LogP contribution in [-0.4, -0.2) is 24.0 Å². The Bertz CT molecular complexity index is 698. The minimum Gasteiger partial charge on any atom is -0.465 e. The summed E-state index contributed by atoms with van der Waals surface area (Å²) in [4.78, 5) is 29.5. The zero-order chi connectivity index (χ0) is 16.2. The van der Waals surface area contributed by atoms with E-state index in [0.29, 0.717) is 16.3 Å². The average molecular weight is 330 g/mol. The summed E-state index contributed by atoms with van der Waals surface area (Å²) in [7, 11) is 1.33. The minimum atomic E-state index is -0.416. The van der Waals surface area contributed by atoms with Gasteiger partial charge in [0.25, 0.3) is 5.91 Å². The molecule has 23 heavy (non-hydrogen) atoms. The number of hydrogen-bond donors (Lipinski definition) is 1. The number of hydrogen-bond acceptors (Lipinski definition) is 5. The number of rotatable bonds is 3. The third-order valence-electron chi connectivity index (χ3n) is 3.88. The number of ether oxygens (including phenoxy) is 1. The summed E-state index contributed by atoms with van der Waals surface area (Å²) in [5, 5.41) is 3.50. The van der Waals surface area contributed by atoms with E-state index < -0.39 is 5.97 Å². The summed E-state index contributed by atoms with van der Waals surface area (Å²) in [5.74, 6) is -0.633. The van der Waals surface area contributed by atoms with E-state index in [0.717, 1.165) is 18.5 Å². The second-order valence-corrected chi connectivity index (χ2v) is 6.56. The molecule has 1 N–H and O–H groups in total. The lowest BCUT2D eigenvalue weighted by atomic mass is 10.1. The molecule has 0 aliphatic heterocycles. The highest BCUT2D eigenvalue weighted by Crippen LogP contribution is 2.29. The topological polar surface area (TPSA) is 68.3 Å². The molecule has 0 spiro atoms. The van der Waals surface area contributed by atoms with Crippen molar-refractivity contribution in [2.24, 2.45) is 0 Å². The molecule has 0 bridgehead atoms. The Morgan fingerprint density at radius 2 is 1.78 bits per heavy atom. The number of amides is 1. The quantitative estimate of drug-likeness (QED) is 0.691. The first-order valence-corrected chi connectivity index (χ1v) is 8.47. The van der Waals surface area contributed by atoms with Crippen LogP contribution >= 0.6 is 11.3 Å². The molecule has 1 aliphatic rings. The van der Waals surface area contributed by atoms with Crippen LogP contribution in [0.2, 0.25) is 0 Å². The summed E-state index contributed by atoms with van der Waals surface area (Å²) in [5.41, 5.74) is 2.04. The van der Waals surface area contributed by atoms with Crippen LogP contribution in [0.3, 0.4) is 0 Å². The SMILES string of the molecule is COC(=O)c1ccc(C(=O)Nc2nc3c(s2)CCCCC3)cc1. The van der Waals surface area contributed by atoms with Crippen LogP contribution in [0.25, 0.3) is 0 Å². The Morgan fingerprint density at radius 3 is 2.52 bits per heavy atom. The van der Waals surface area contributed by atoms with E-state index >= 15 is 0 Å². The molecular weight excluding hydrogens is 312 g/mol. The maximum atomic E-state index is 12.3. The van der Waals surface area contributed by atoms with Crippen LogP contribution in [-0.2, 0) is 17.6 Å². The Hall–Kier alpha value is -2.21. The summed E-state index contributed by atoms with van der Waals surface area (Å²) >= 11 is 1.57. The highest BCUT2D eigenvalue weighted by atomic mass is 32.1. The van der Waals surface area contributed by atoms with Crippen molar-refractivity contribution in [3.8, 4) is 0 Å². The van der Waals surface area contributed by atoms with Crippen LogP contribution in [0, 0.1) is 0 Å². The van der Waals surface area contributed by atoms with Gasteiger partial charge in [0.15, 0.2) is 5.13 Å². The highest BCUT2D eigenvalue weighted by Gasteiger charge is 2.16. The molecule has 3 rings (SSSR count). The first-order valence-electron chi connectivity index (χ1n) is 7.65. The van der Waals surface area contributed by atoms with Crippen molar-refractivity contribution >= 4 is 28.3 Å². The zero-order valence-corrected chi connectivity index (χ0v) is 13.7. The number of benzene rings is 1. The van der Waals surface area contributed by atoms with Gasteiger partial charge in [-0.15, -0.1) is 11.3 Å². The molecule has 120 valence electrons. The molecule has 0 radical (unpaired) electrons. The number of aryl methyl sites for hydroxylation is 2. The smallest absolute Gasteiger partial charge is 0.337 e. The number of esters is 1. The van der Waals surface area contributed by atoms with E-state index in [1.807, 2.05) is 0 Å². The summed E-state index contributed by atoms with van der Waals surface area (Å²) < 4.78 is 4.64. The Kier molecular flexibility index (Phi) is 4.71. The molecule has 0 saturated carbocycles. The number of carbonyl (C=O) groups is 2. The van der Waals surface area contributed by atoms with Crippen LogP contribution in [0.4, 0.5) is 5.13 Å². The number of carbonyl (C=O) groups excluding carboxylic acids is 2. The van der Waals surface area contributed by atoms with Crippen molar-refractivity contribution in [1.29, 1.82) is 0 Å². The van der Waals surface area contributed by atoms with Crippen molar-refractivity contribution in [3.05, 3.63) is 46.0 Å². The van der Waals surface area contributed by atoms with Gasteiger partial charge < -0.3 is 4.74 Å². The summed E-state index contributed by atoms with van der Waals surface area (Å²) in [6.45, 7) is 0. The molecule has 0 atom stereocenters. The van der Waals surface area contributed by atoms with Crippen molar-refractivity contribution in [2.75, 3.05) is 12.4 Å². The van der Waals surface area contributed by atoms with Gasteiger partial charge in [0.2, 0.25) is 0 Å². The van der Waals surface area contributed by atoms with Gasteiger partial charge in [-0.25, -0.2) is 9.78 Å². The first-order chi connectivity index (χ1) is 11.2. The molecule has 0 saturated heterocycles. The van der Waals surface area contributed by atoms with E-state index in [1.54, 1.807) is 35.6 Å². The van der Waals surface area contributed by atoms with Gasteiger partial charge in [0.05, 0.1) is 18.4 Å². The van der Waals surface area contributed by atoms with Crippen LogP contribution < -0.4 is 5.32 Å². The van der Waals surface area contributed by atoms with Crippen LogP contribution in [0.15, 0.2) is 24.3 Å². The molecule has 5 nitrogen and oxygen atoms in total. The van der Waals surface area contributed by atoms with Crippen molar-refractivity contribution in [3.63, 3.8) is 0 Å². The lowest BCUT2D eigenvalue weighted by Gasteiger charge is -2.03. The second-order valence-electron chi connectivity index (χ2n) is 5.47. The number of methoxy groups -OCH3 is 1. The number of nitrogens with one attached hydrogen (secondary N) is 1. The maximum Gasteiger partial charge on any atom is 0.337 e. The molecule has 1 aromatic carbocycles. The largest absolute Gasteiger partial charge is 0.465 e. The fraction of sp³-hybridized carbons (Fsp3) is 0.353. The highest BCUT2D eigenvalue weighted by molar-refractivity contribution is 7.15. The summed E-state index contributed by atoms with van der Waals surface area (Å²) in [6.07, 6.45) is 5.65. The normalized spacial score (nSPS) is 13.8. The van der Waals surface area contributed by atoms with Gasteiger partial charge in [-0.1, -0.05) is 6.42 Å². The maximum absolute atomic E-state index is 12.3. The average Bonchev–Trinajstić information content (AvgIpc) is 2.82. The third-order valence-corrected chi connectivity index (χ3v) is 4.96. The first kappa shape index (κ1) is 15.7. The van der Waals surface area contributed by atoms with Crippen molar-refractivity contribution in [2.45, 2.75) is 32.1 Å². The van der Waals surface area contributed by atoms with Crippen molar-refractivity contribution in [1.82, 2.24) is 4.98 Å². The van der Waals surface area contributed by atoms with Gasteiger partial charge in [-0.05, 0) is 49.9 Å². The van der Waals surface area contributed by atoms with Gasteiger partial charge in [-0.2, -0.15) is 0 Å². The van der Waals surface area contributed by atoms with Gasteiger partial charge >= 0.3 is 5.97 Å². The van der Waals surface area contributed by atoms with E-state index in [2.05, 4.69) is 15.0 Å². The van der Waals surface area contributed by atoms with E-state index in [1.165, 1.54) is 31.2 Å². The van der Waals surface area contributed by atoms with Crippen LogP contribution in [0.1, 0.15) is 50.5 Å². The number of anilines is 1. The Morgan fingerprint density at radius 1 is 1.09 bits per heavy atom. The minimum absolute atomic E-state index is 0.217. The Balaban J connectivity index is 1.70. The molecule has 1 amide bonds. The fourth-order valence-electron chi connectivity index (χ4n) is 2.63. The molecule has 2 aromatic rings. The monoisotopic (exact) mass is 330 g/mol. The standard InChI is InChI=1S/C17H18N2O3S/c1-22-16(21)12-9-7-11(8-10-12)15(20)19-17-18-13-5-3-2-4-6-14(13)23-17/h7-10H,2-6H2,1H3,(H,18,19,20). The molecule has 1 aromatic heterocycles. The lowest BCUT2D eigenvalue weighted by molar-refractivity contribution is 0.0600. The fourth-order valence-corrected chi connectivity index (χ4v) is 3.67. The second kappa shape index (κ2) is 6.91. The van der Waals surface area contributed by atoms with Gasteiger partial charge in [0, 0.05) is 10.4 Å². The van der Waals surface area contributed by atoms with E-state index in [4.69, 9.17) is 0 Å². The number of nitrogens with zero attached hydrogens (tertiary/aromatic N) is 1. The third kappa shape index (κ3) is 3.59. The van der Waals surface area contributed by atoms with Gasteiger partial charge in [-0.3, -0.25) is 10.1 Å². The van der Waals surface area contributed by atoms with Gasteiger partial charge in [0.1, 0.15) is 0 Å². The lowest BCUT2D eigenvalue weighted by Crippen LogP contribution is -2.12. The van der Waals surface area contributed by atoms with Crippen molar-refractivity contribution < 1.29 is 14.3 Å². The number of thiazole rings is 1. The van der Waals surface area contributed by atoms with E-state index in [9.17, 15) is 9.59 Å². The zero-order valence-electron chi connectivity index (χ0n) is 12.9. The molecule has 1 heterocycles. The number of aromatic nitrogens is 1. The molecule has 6 heteroatoms. The Labute approximate surface area is 138 Å². The molecule has 1 aliphatic carbocycles. The number of fused-ring (bicyclic) bond motifs is 1. The summed E-state index contributed by atoms with van der Waals surface area (Å²) in [6, 6.07) is 6.38. The van der Waals surface area contributed by atoms with Crippen LogP contribution in [0.5, 0.6) is 0 Å². The molecule has 0 fully saturated rings.